The van der Waals surface area contributed by atoms with Crippen molar-refractivity contribution in [2.45, 2.75) is 18.9 Å². The van der Waals surface area contributed by atoms with Gasteiger partial charge in [0.1, 0.15) is 12.4 Å². The first kappa shape index (κ1) is 19.7. The quantitative estimate of drug-likeness (QED) is 0.794. The van der Waals surface area contributed by atoms with E-state index in [4.69, 9.17) is 4.74 Å². The number of carbonyl (C=O) groups is 1. The Hall–Kier alpha value is -3.61. The predicted molar refractivity (Wildman–Crippen MR) is 113 cm³/mol. The standard InChI is InChI=1S/C23H23N3O4/c1-4-5-8-15-13-30-19-10-7-6-9-16(19)20(14(15)2)17-12-25(3)23(29)21-22(28)18(27)11-24-26(17)21/h4-11,17,20,28H,1,12-13H2,2-3H3. The summed E-state index contributed by atoms with van der Waals surface area (Å²) >= 11 is 0. The summed E-state index contributed by atoms with van der Waals surface area (Å²) in [7, 11) is 1.66. The molecule has 1 aromatic heterocycles. The zero-order valence-electron chi connectivity index (χ0n) is 16.9. The van der Waals surface area contributed by atoms with Gasteiger partial charge in [-0.1, -0.05) is 48.6 Å². The number of fused-ring (bicyclic) bond motifs is 2. The second-order valence-corrected chi connectivity index (χ2v) is 7.51. The maximum absolute atomic E-state index is 12.7. The maximum atomic E-state index is 12.7. The van der Waals surface area contributed by atoms with Crippen molar-refractivity contribution in [1.29, 1.82) is 0 Å². The third kappa shape index (κ3) is 3.12. The number of ether oxygens (including phenoxy) is 1. The first-order chi connectivity index (χ1) is 14.4. The minimum absolute atomic E-state index is 0.0834. The van der Waals surface area contributed by atoms with Crippen molar-refractivity contribution in [2.75, 3.05) is 20.2 Å². The molecule has 1 N–H and O–H groups in total. The van der Waals surface area contributed by atoms with E-state index in [0.29, 0.717) is 13.2 Å². The summed E-state index contributed by atoms with van der Waals surface area (Å²) in [5.41, 5.74) is 2.28. The summed E-state index contributed by atoms with van der Waals surface area (Å²) in [5, 5.41) is 14.6. The lowest BCUT2D eigenvalue weighted by Crippen LogP contribution is -2.45. The highest BCUT2D eigenvalue weighted by Gasteiger charge is 2.40. The van der Waals surface area contributed by atoms with Gasteiger partial charge in [0, 0.05) is 25.1 Å². The summed E-state index contributed by atoms with van der Waals surface area (Å²) in [6, 6.07) is 7.46. The van der Waals surface area contributed by atoms with Gasteiger partial charge in [-0.25, -0.2) is 0 Å². The molecule has 0 fully saturated rings. The van der Waals surface area contributed by atoms with E-state index in [2.05, 4.69) is 11.7 Å². The number of likely N-dealkylation sites (N-methyl/N-ethyl adjacent to an activating group) is 1. The van der Waals surface area contributed by atoms with Crippen LogP contribution in [0.15, 0.2) is 71.2 Å². The molecule has 0 bridgehead atoms. The molecule has 2 atom stereocenters. The smallest absolute Gasteiger partial charge is 0.275 e. The topological polar surface area (TPSA) is 84.7 Å². The van der Waals surface area contributed by atoms with Crippen LogP contribution < -0.4 is 10.2 Å². The highest BCUT2D eigenvalue weighted by Crippen LogP contribution is 2.45. The molecule has 154 valence electrons. The van der Waals surface area contributed by atoms with Crippen molar-refractivity contribution >= 4 is 5.91 Å². The lowest BCUT2D eigenvalue weighted by atomic mass is 9.82. The highest BCUT2D eigenvalue weighted by molar-refractivity contribution is 5.95. The SMILES string of the molecule is C=CC=CC1=C(C)C(C2CN(C)C(=O)c3c(O)c(=O)cnn32)c2ccccc2OC1. The molecule has 4 rings (SSSR count). The maximum Gasteiger partial charge on any atom is 0.275 e. The van der Waals surface area contributed by atoms with Crippen LogP contribution in [0.25, 0.3) is 0 Å². The van der Waals surface area contributed by atoms with E-state index in [9.17, 15) is 14.7 Å². The number of benzene rings is 1. The Labute approximate surface area is 174 Å². The second-order valence-electron chi connectivity index (χ2n) is 7.51. The first-order valence-corrected chi connectivity index (χ1v) is 9.70. The van der Waals surface area contributed by atoms with Crippen molar-refractivity contribution in [1.82, 2.24) is 14.7 Å². The van der Waals surface area contributed by atoms with Gasteiger partial charge in [-0.2, -0.15) is 5.10 Å². The number of nitrogens with zero attached hydrogens (tertiary/aromatic N) is 3. The predicted octanol–water partition coefficient (Wildman–Crippen LogP) is 2.81. The summed E-state index contributed by atoms with van der Waals surface area (Å²) in [6.07, 6.45) is 6.59. The van der Waals surface area contributed by atoms with Gasteiger partial charge >= 0.3 is 0 Å². The molecule has 3 heterocycles. The van der Waals surface area contributed by atoms with Gasteiger partial charge < -0.3 is 14.7 Å². The molecule has 0 radical (unpaired) electrons. The minimum atomic E-state index is -0.671. The highest BCUT2D eigenvalue weighted by atomic mass is 16.5. The van der Waals surface area contributed by atoms with E-state index in [1.165, 1.54) is 9.58 Å². The molecule has 30 heavy (non-hydrogen) atoms. The number of aromatic nitrogens is 2. The average molecular weight is 405 g/mol. The molecule has 2 aliphatic heterocycles. The van der Waals surface area contributed by atoms with E-state index in [-0.39, 0.29) is 17.7 Å². The fourth-order valence-electron chi connectivity index (χ4n) is 4.21. The molecule has 2 unspecified atom stereocenters. The number of hydrogen-bond donors (Lipinski definition) is 1. The first-order valence-electron chi connectivity index (χ1n) is 9.70. The number of allylic oxidation sites excluding steroid dienone is 3. The van der Waals surface area contributed by atoms with E-state index in [1.54, 1.807) is 13.1 Å². The van der Waals surface area contributed by atoms with Gasteiger partial charge in [0.2, 0.25) is 5.43 Å². The van der Waals surface area contributed by atoms with Gasteiger partial charge in [0.25, 0.3) is 5.91 Å². The fraction of sp³-hybridized carbons (Fsp3) is 0.261. The Morgan fingerprint density at radius 2 is 2.07 bits per heavy atom. The van der Waals surface area contributed by atoms with Crippen LogP contribution in [-0.4, -0.2) is 45.9 Å². The van der Waals surface area contributed by atoms with E-state index >= 15 is 0 Å². The molecular weight excluding hydrogens is 382 g/mol. The number of para-hydroxylation sites is 1. The van der Waals surface area contributed by atoms with Gasteiger partial charge in [0.15, 0.2) is 11.4 Å². The Bertz CT molecular complexity index is 1150. The van der Waals surface area contributed by atoms with Gasteiger partial charge in [0.05, 0.1) is 12.2 Å². The van der Waals surface area contributed by atoms with Gasteiger partial charge in [-0.15, -0.1) is 0 Å². The molecule has 0 saturated carbocycles. The lowest BCUT2D eigenvalue weighted by Gasteiger charge is -2.38. The van der Waals surface area contributed by atoms with E-state index in [1.807, 2.05) is 43.3 Å². The normalized spacial score (nSPS) is 21.1. The monoisotopic (exact) mass is 405 g/mol. The van der Waals surface area contributed by atoms with Crippen LogP contribution in [0.2, 0.25) is 0 Å². The van der Waals surface area contributed by atoms with Crippen LogP contribution in [0.3, 0.4) is 0 Å². The average Bonchev–Trinajstić information content (AvgIpc) is 2.87. The Balaban J connectivity index is 1.97. The minimum Gasteiger partial charge on any atom is -0.502 e. The fourth-order valence-corrected chi connectivity index (χ4v) is 4.21. The molecule has 0 saturated heterocycles. The number of amides is 1. The third-order valence-electron chi connectivity index (χ3n) is 5.74. The molecule has 7 heteroatoms. The molecular formula is C23H23N3O4. The van der Waals surface area contributed by atoms with Crippen molar-refractivity contribution in [3.8, 4) is 11.5 Å². The summed E-state index contributed by atoms with van der Waals surface area (Å²) < 4.78 is 7.57. The summed E-state index contributed by atoms with van der Waals surface area (Å²) in [6.45, 7) is 6.56. The van der Waals surface area contributed by atoms with Crippen LogP contribution in [-0.2, 0) is 0 Å². The molecule has 1 aromatic carbocycles. The number of hydrogen-bond acceptors (Lipinski definition) is 5. The van der Waals surface area contributed by atoms with Crippen LogP contribution in [0.5, 0.6) is 11.5 Å². The molecule has 7 nitrogen and oxygen atoms in total. The Kier molecular flexibility index (Phi) is 5.03. The van der Waals surface area contributed by atoms with Crippen LogP contribution in [0.1, 0.15) is 34.9 Å². The zero-order valence-corrected chi connectivity index (χ0v) is 16.9. The van der Waals surface area contributed by atoms with Crippen molar-refractivity contribution < 1.29 is 14.6 Å². The number of aromatic hydroxyl groups is 1. The number of rotatable bonds is 3. The van der Waals surface area contributed by atoms with Crippen molar-refractivity contribution in [2.24, 2.45) is 0 Å². The molecule has 0 spiro atoms. The third-order valence-corrected chi connectivity index (χ3v) is 5.74. The lowest BCUT2D eigenvalue weighted by molar-refractivity contribution is 0.0685. The van der Waals surface area contributed by atoms with Crippen LogP contribution in [0.4, 0.5) is 0 Å². The van der Waals surface area contributed by atoms with Crippen LogP contribution >= 0.6 is 0 Å². The molecule has 1 amide bonds. The van der Waals surface area contributed by atoms with E-state index < -0.39 is 17.1 Å². The summed E-state index contributed by atoms with van der Waals surface area (Å²) in [4.78, 5) is 26.2. The Morgan fingerprint density at radius 1 is 1.30 bits per heavy atom. The van der Waals surface area contributed by atoms with Gasteiger partial charge in [-0.3, -0.25) is 14.3 Å². The van der Waals surface area contributed by atoms with Crippen LogP contribution in [0, 0.1) is 0 Å². The van der Waals surface area contributed by atoms with Crippen molar-refractivity contribution in [3.05, 3.63) is 87.9 Å². The van der Waals surface area contributed by atoms with Crippen molar-refractivity contribution in [3.63, 3.8) is 0 Å². The number of carbonyl (C=O) groups excluding carboxylic acids is 1. The second kappa shape index (κ2) is 7.67. The molecule has 0 aliphatic carbocycles. The zero-order chi connectivity index (χ0) is 21.4. The molecule has 2 aliphatic rings. The van der Waals surface area contributed by atoms with E-state index in [0.717, 1.165) is 28.7 Å². The Morgan fingerprint density at radius 3 is 2.83 bits per heavy atom. The van der Waals surface area contributed by atoms with Gasteiger partial charge in [-0.05, 0) is 18.6 Å². The largest absolute Gasteiger partial charge is 0.502 e. The summed E-state index contributed by atoms with van der Waals surface area (Å²) in [5.74, 6) is -0.425. The molecule has 2 aromatic rings.